The monoisotopic (exact) mass is 743 g/mol. The molecule has 0 spiro atoms. The predicted octanol–water partition coefficient (Wildman–Crippen LogP) is 15.1. The minimum atomic E-state index is -0.0379. The number of allylic oxidation sites excluding steroid dienone is 13. The third-order valence-corrected chi connectivity index (χ3v) is 10.7. The van der Waals surface area contributed by atoms with E-state index in [2.05, 4.69) is 188 Å². The van der Waals surface area contributed by atoms with Gasteiger partial charge >= 0.3 is 0 Å². The molecule has 3 aromatic rings. The van der Waals surface area contributed by atoms with Crippen LogP contribution in [0.1, 0.15) is 108 Å². The van der Waals surface area contributed by atoms with Crippen LogP contribution in [0.15, 0.2) is 162 Å². The second-order valence-electron chi connectivity index (χ2n) is 14.4. The summed E-state index contributed by atoms with van der Waals surface area (Å²) in [5, 5.41) is 2.55. The van der Waals surface area contributed by atoms with Crippen LogP contribution in [0, 0.1) is 13.8 Å². The SMILES string of the molecule is C/C=C\C(=C/C)C1C2=CC(C=CC=C2)N=C(c2c(C)c3c(c4ccccc24)/C(=C/C=C\CC)C(C)c2cccc(C)c2-3)N1C.C=C/C=C\C=C\CCCC.CC. The Bertz CT molecular complexity index is 2130. The van der Waals surface area contributed by atoms with Crippen LogP contribution in [0.3, 0.4) is 0 Å². The van der Waals surface area contributed by atoms with Gasteiger partial charge in [-0.3, -0.25) is 4.99 Å². The molecular formula is C54H66N2. The molecule has 0 N–H and O–H groups in total. The van der Waals surface area contributed by atoms with E-state index in [9.17, 15) is 0 Å². The molecule has 1 heterocycles. The molecule has 2 nitrogen and oxygen atoms in total. The maximum Gasteiger partial charge on any atom is 0.133 e. The summed E-state index contributed by atoms with van der Waals surface area (Å²) in [6, 6.07) is 15.8. The van der Waals surface area contributed by atoms with Crippen LogP contribution >= 0.6 is 0 Å². The molecule has 0 aromatic heterocycles. The maximum atomic E-state index is 5.53. The van der Waals surface area contributed by atoms with Crippen molar-refractivity contribution in [3.63, 3.8) is 0 Å². The fourth-order valence-corrected chi connectivity index (χ4v) is 8.11. The zero-order chi connectivity index (χ0) is 40.6. The van der Waals surface area contributed by atoms with Crippen LogP contribution in [-0.2, 0) is 0 Å². The highest BCUT2D eigenvalue weighted by molar-refractivity contribution is 6.18. The smallest absolute Gasteiger partial charge is 0.133 e. The normalized spacial score (nSPS) is 19.7. The Morgan fingerprint density at radius 2 is 1.61 bits per heavy atom. The van der Waals surface area contributed by atoms with Gasteiger partial charge in [-0.25, -0.2) is 0 Å². The van der Waals surface area contributed by atoms with E-state index in [1.54, 1.807) is 6.08 Å². The van der Waals surface area contributed by atoms with Crippen LogP contribution < -0.4 is 0 Å². The Hall–Kier alpha value is -5.21. The van der Waals surface area contributed by atoms with E-state index in [1.165, 1.54) is 85.7 Å². The number of aryl methyl sites for hydroxylation is 1. The third-order valence-electron chi connectivity index (χ3n) is 10.7. The molecule has 0 saturated heterocycles. The van der Waals surface area contributed by atoms with E-state index in [4.69, 9.17) is 4.99 Å². The summed E-state index contributed by atoms with van der Waals surface area (Å²) in [7, 11) is 2.22. The van der Waals surface area contributed by atoms with Gasteiger partial charge in [0.15, 0.2) is 0 Å². The summed E-state index contributed by atoms with van der Waals surface area (Å²) in [5.41, 5.74) is 13.3. The number of hydrogen-bond acceptors (Lipinski definition) is 2. The lowest BCUT2D eigenvalue weighted by Crippen LogP contribution is -2.39. The lowest BCUT2D eigenvalue weighted by Gasteiger charge is -2.36. The number of unbranched alkanes of at least 4 members (excludes halogenated alkanes) is 2. The first kappa shape index (κ1) is 43.5. The van der Waals surface area contributed by atoms with Crippen LogP contribution in [-0.4, -0.2) is 29.9 Å². The molecule has 6 rings (SSSR count). The molecule has 3 atom stereocenters. The van der Waals surface area contributed by atoms with E-state index in [-0.39, 0.29) is 12.1 Å². The molecule has 0 saturated carbocycles. The van der Waals surface area contributed by atoms with E-state index >= 15 is 0 Å². The van der Waals surface area contributed by atoms with Crippen LogP contribution in [0.5, 0.6) is 0 Å². The summed E-state index contributed by atoms with van der Waals surface area (Å²) in [6.45, 7) is 23.2. The number of fused-ring (bicyclic) bond motifs is 6. The third kappa shape index (κ3) is 9.59. The molecule has 2 aliphatic carbocycles. The Balaban J connectivity index is 0.000000507. The number of likely N-dealkylation sites (N-methyl/N-ethyl adjacent to an activating group) is 1. The van der Waals surface area contributed by atoms with Gasteiger partial charge in [-0.05, 0) is 101 Å². The highest BCUT2D eigenvalue weighted by Gasteiger charge is 2.35. The summed E-state index contributed by atoms with van der Waals surface area (Å²) < 4.78 is 0. The summed E-state index contributed by atoms with van der Waals surface area (Å²) >= 11 is 0. The molecule has 0 radical (unpaired) electrons. The van der Waals surface area contributed by atoms with Crippen molar-refractivity contribution in [1.82, 2.24) is 4.90 Å². The van der Waals surface area contributed by atoms with E-state index in [0.717, 1.165) is 12.3 Å². The van der Waals surface area contributed by atoms with Gasteiger partial charge in [0.2, 0.25) is 0 Å². The number of rotatable bonds is 10. The lowest BCUT2D eigenvalue weighted by molar-refractivity contribution is 0.466. The topological polar surface area (TPSA) is 15.6 Å². The summed E-state index contributed by atoms with van der Waals surface area (Å²) in [4.78, 5) is 7.94. The van der Waals surface area contributed by atoms with Crippen molar-refractivity contribution in [3.05, 3.63) is 185 Å². The molecular weight excluding hydrogens is 677 g/mol. The van der Waals surface area contributed by atoms with Gasteiger partial charge in [0.05, 0.1) is 12.1 Å². The van der Waals surface area contributed by atoms with Crippen molar-refractivity contribution in [2.45, 2.75) is 106 Å². The predicted molar refractivity (Wildman–Crippen MR) is 251 cm³/mol. The Morgan fingerprint density at radius 1 is 0.857 bits per heavy atom. The quantitative estimate of drug-likeness (QED) is 0.149. The molecule has 2 bridgehead atoms. The minimum absolute atomic E-state index is 0.0379. The molecule has 3 unspecified atom stereocenters. The van der Waals surface area contributed by atoms with Crippen molar-refractivity contribution < 1.29 is 0 Å². The van der Waals surface area contributed by atoms with Gasteiger partial charge in [0, 0.05) is 18.5 Å². The molecule has 56 heavy (non-hydrogen) atoms. The van der Waals surface area contributed by atoms with Gasteiger partial charge < -0.3 is 4.90 Å². The number of nitrogens with zero attached hydrogens (tertiary/aromatic N) is 2. The number of amidine groups is 1. The lowest BCUT2D eigenvalue weighted by atomic mass is 9.70. The molecule has 3 aromatic carbocycles. The molecule has 292 valence electrons. The molecule has 2 heteroatoms. The first-order valence-electron chi connectivity index (χ1n) is 21.0. The highest BCUT2D eigenvalue weighted by atomic mass is 15.2. The van der Waals surface area contributed by atoms with Gasteiger partial charge in [0.25, 0.3) is 0 Å². The summed E-state index contributed by atoms with van der Waals surface area (Å²) in [5.74, 6) is 1.33. The van der Waals surface area contributed by atoms with Crippen molar-refractivity contribution >= 4 is 22.2 Å². The standard InChI is InChI=1S/C42H44N2.C10H16.C2H6/c1-8-11-12-22-34-28(5)33-25-17-19-27(4)37(33)39-29(6)38(35-23-15-16-24-36(35)40(34)39)42-43-32-21-14-13-20-31(26-32)41(44(42)7)30(10-3)18-9-2;1-3-5-7-9-10-8-6-4-2;1-2/h9-26,28,32,41H,8H2,1-7H3;3,5,7,9-10H,1,4,6,8H2,2H3;1-2H3/b12-11-,18-9-,30-10+,34-22+;7-5-,10-9+;. The summed E-state index contributed by atoms with van der Waals surface area (Å²) in [6.07, 6.45) is 39.3. The van der Waals surface area contributed by atoms with Crippen LogP contribution in [0.2, 0.25) is 0 Å². The van der Waals surface area contributed by atoms with Gasteiger partial charge in [-0.15, -0.1) is 0 Å². The van der Waals surface area contributed by atoms with Crippen molar-refractivity contribution in [1.29, 1.82) is 0 Å². The van der Waals surface area contributed by atoms with E-state index < -0.39 is 0 Å². The minimum Gasteiger partial charge on any atom is -0.348 e. The fraction of sp³-hybridized carbons (Fsp3) is 0.315. The Morgan fingerprint density at radius 3 is 2.29 bits per heavy atom. The van der Waals surface area contributed by atoms with Gasteiger partial charge in [-0.1, -0.05) is 194 Å². The van der Waals surface area contributed by atoms with E-state index in [1.807, 2.05) is 26.0 Å². The van der Waals surface area contributed by atoms with Crippen molar-refractivity contribution in [2.24, 2.45) is 4.99 Å². The zero-order valence-electron chi connectivity index (χ0n) is 35.9. The fourth-order valence-electron chi connectivity index (χ4n) is 8.11. The molecule has 3 aliphatic rings. The Kier molecular flexibility index (Phi) is 16.9. The Labute approximate surface area is 340 Å². The van der Waals surface area contributed by atoms with Crippen molar-refractivity contribution in [3.8, 4) is 11.1 Å². The zero-order valence-corrected chi connectivity index (χ0v) is 35.9. The molecule has 0 amide bonds. The van der Waals surface area contributed by atoms with Crippen LogP contribution in [0.4, 0.5) is 0 Å². The largest absolute Gasteiger partial charge is 0.348 e. The number of benzene rings is 3. The highest BCUT2D eigenvalue weighted by Crippen LogP contribution is 2.52. The molecule has 1 aliphatic heterocycles. The van der Waals surface area contributed by atoms with Crippen LogP contribution in [0.25, 0.3) is 27.5 Å². The maximum absolute atomic E-state index is 5.53. The number of hydrogen-bond donors (Lipinski definition) is 0. The molecule has 0 fully saturated rings. The second-order valence-corrected chi connectivity index (χ2v) is 14.4. The first-order valence-corrected chi connectivity index (χ1v) is 21.0. The average Bonchev–Trinajstić information content (AvgIpc) is 3.52. The second kappa shape index (κ2) is 21.8. The van der Waals surface area contributed by atoms with Gasteiger partial charge in [0.1, 0.15) is 5.84 Å². The van der Waals surface area contributed by atoms with E-state index in [0.29, 0.717) is 5.92 Å². The average molecular weight is 743 g/mol. The first-order chi connectivity index (χ1) is 27.3. The van der Waals surface area contributed by atoms with Gasteiger partial charge in [-0.2, -0.15) is 0 Å². The van der Waals surface area contributed by atoms with Crippen molar-refractivity contribution in [2.75, 3.05) is 7.05 Å². The number of aliphatic imine (C=N–C) groups is 1.